The minimum Gasteiger partial charge on any atom is -0.341 e. The van der Waals surface area contributed by atoms with E-state index >= 15 is 0 Å². The van der Waals surface area contributed by atoms with E-state index in [1.807, 2.05) is 61.0 Å². The van der Waals surface area contributed by atoms with Crippen molar-refractivity contribution in [2.45, 2.75) is 57.0 Å². The molecule has 1 atom stereocenters. The Labute approximate surface area is 185 Å². The van der Waals surface area contributed by atoms with Crippen LogP contribution in [0.5, 0.6) is 0 Å². The third-order valence-corrected chi connectivity index (χ3v) is 6.94. The summed E-state index contributed by atoms with van der Waals surface area (Å²) in [4.78, 5) is 30.3. The van der Waals surface area contributed by atoms with Gasteiger partial charge in [-0.25, -0.2) is 0 Å². The maximum absolute atomic E-state index is 13.2. The SMILES string of the molecule is CNC(CCc1ccccc1)C(=O)N1CCC(N2C(=O)C(C)(C)c3ccccc32)CC1. The molecule has 0 spiro atoms. The zero-order valence-electron chi connectivity index (χ0n) is 18.8. The molecule has 0 radical (unpaired) electrons. The number of piperidine rings is 1. The maximum Gasteiger partial charge on any atom is 0.239 e. The van der Waals surface area contributed by atoms with E-state index in [9.17, 15) is 9.59 Å². The minimum absolute atomic E-state index is 0.150. The summed E-state index contributed by atoms with van der Waals surface area (Å²) in [5.41, 5.74) is 2.91. The molecule has 5 nitrogen and oxygen atoms in total. The van der Waals surface area contributed by atoms with Crippen LogP contribution in [0.15, 0.2) is 54.6 Å². The molecule has 1 unspecified atom stereocenters. The van der Waals surface area contributed by atoms with Crippen LogP contribution in [-0.2, 0) is 21.4 Å². The molecular weight excluding hydrogens is 386 g/mol. The van der Waals surface area contributed by atoms with E-state index in [1.54, 1.807) is 0 Å². The number of nitrogens with zero attached hydrogens (tertiary/aromatic N) is 2. The van der Waals surface area contributed by atoms with Crippen molar-refractivity contribution < 1.29 is 9.59 Å². The Kier molecular flexibility index (Phi) is 6.15. The second kappa shape index (κ2) is 8.83. The molecule has 2 amide bonds. The van der Waals surface area contributed by atoms with Crippen molar-refractivity contribution in [2.75, 3.05) is 25.0 Å². The molecule has 0 aliphatic carbocycles. The second-order valence-corrected chi connectivity index (χ2v) is 9.24. The van der Waals surface area contributed by atoms with Gasteiger partial charge >= 0.3 is 0 Å². The third-order valence-electron chi connectivity index (χ3n) is 6.94. The Hall–Kier alpha value is -2.66. The molecule has 5 heteroatoms. The van der Waals surface area contributed by atoms with Gasteiger partial charge in [-0.15, -0.1) is 0 Å². The molecule has 2 aliphatic heterocycles. The average Bonchev–Trinajstić information content (AvgIpc) is 3.00. The van der Waals surface area contributed by atoms with Crippen molar-refractivity contribution in [1.82, 2.24) is 10.2 Å². The number of fused-ring (bicyclic) bond motifs is 1. The number of likely N-dealkylation sites (tertiary alicyclic amines) is 1. The largest absolute Gasteiger partial charge is 0.341 e. The number of likely N-dealkylation sites (N-methyl/N-ethyl adjacent to an activating group) is 1. The summed E-state index contributed by atoms with van der Waals surface area (Å²) in [6.45, 7) is 5.41. The van der Waals surface area contributed by atoms with Crippen LogP contribution in [-0.4, -0.2) is 48.9 Å². The lowest BCUT2D eigenvalue weighted by Crippen LogP contribution is -2.53. The fourth-order valence-electron chi connectivity index (χ4n) is 5.01. The van der Waals surface area contributed by atoms with E-state index < -0.39 is 5.41 Å². The number of benzene rings is 2. The fourth-order valence-corrected chi connectivity index (χ4v) is 5.01. The Morgan fingerprint density at radius 3 is 2.39 bits per heavy atom. The van der Waals surface area contributed by atoms with Gasteiger partial charge in [-0.05, 0) is 63.8 Å². The molecule has 1 fully saturated rings. The van der Waals surface area contributed by atoms with Crippen LogP contribution in [0.25, 0.3) is 0 Å². The van der Waals surface area contributed by atoms with Crippen LogP contribution in [0.2, 0.25) is 0 Å². The van der Waals surface area contributed by atoms with E-state index in [-0.39, 0.29) is 23.9 Å². The van der Waals surface area contributed by atoms with Crippen molar-refractivity contribution in [2.24, 2.45) is 0 Å². The monoisotopic (exact) mass is 419 g/mol. The highest BCUT2D eigenvalue weighted by Gasteiger charge is 2.46. The predicted molar refractivity (Wildman–Crippen MR) is 124 cm³/mol. The minimum atomic E-state index is -0.488. The number of carbonyl (C=O) groups is 2. The Bertz CT molecular complexity index is 933. The number of rotatable bonds is 6. The number of amides is 2. The van der Waals surface area contributed by atoms with E-state index in [0.717, 1.165) is 36.9 Å². The highest BCUT2D eigenvalue weighted by molar-refractivity contribution is 6.08. The summed E-state index contributed by atoms with van der Waals surface area (Å²) < 4.78 is 0. The van der Waals surface area contributed by atoms with Crippen LogP contribution < -0.4 is 10.2 Å². The standard InChI is InChI=1S/C26H33N3O2/c1-26(2)21-11-7-8-12-23(21)29(25(26)31)20-15-17-28(18-16-20)24(30)22(27-3)14-13-19-9-5-4-6-10-19/h4-12,20,22,27H,13-18H2,1-3H3. The van der Waals surface area contributed by atoms with Gasteiger partial charge in [0.1, 0.15) is 0 Å². The van der Waals surface area contributed by atoms with Gasteiger partial charge in [0.2, 0.25) is 11.8 Å². The summed E-state index contributed by atoms with van der Waals surface area (Å²) in [6.07, 6.45) is 3.29. The van der Waals surface area contributed by atoms with Gasteiger partial charge in [0.05, 0.1) is 11.5 Å². The van der Waals surface area contributed by atoms with Crippen molar-refractivity contribution >= 4 is 17.5 Å². The zero-order valence-corrected chi connectivity index (χ0v) is 18.8. The van der Waals surface area contributed by atoms with E-state index in [4.69, 9.17) is 0 Å². The first-order valence-electron chi connectivity index (χ1n) is 11.4. The lowest BCUT2D eigenvalue weighted by molar-refractivity contribution is -0.134. The lowest BCUT2D eigenvalue weighted by atomic mass is 9.86. The number of para-hydroxylation sites is 1. The molecule has 164 valence electrons. The topological polar surface area (TPSA) is 52.7 Å². The number of anilines is 1. The number of carbonyl (C=O) groups excluding carboxylic acids is 2. The van der Waals surface area contributed by atoms with Gasteiger partial charge in [0, 0.05) is 24.8 Å². The Morgan fingerprint density at radius 2 is 1.71 bits per heavy atom. The van der Waals surface area contributed by atoms with Crippen LogP contribution in [0.4, 0.5) is 5.69 Å². The van der Waals surface area contributed by atoms with Crippen LogP contribution in [0.1, 0.15) is 44.2 Å². The first kappa shape index (κ1) is 21.6. The highest BCUT2D eigenvalue weighted by atomic mass is 16.2. The summed E-state index contributed by atoms with van der Waals surface area (Å²) >= 11 is 0. The first-order valence-corrected chi connectivity index (χ1v) is 11.4. The predicted octanol–water partition coefficient (Wildman–Crippen LogP) is 3.52. The molecule has 0 saturated carbocycles. The van der Waals surface area contributed by atoms with Gasteiger partial charge in [-0.1, -0.05) is 48.5 Å². The Balaban J connectivity index is 1.38. The van der Waals surface area contributed by atoms with E-state index in [0.29, 0.717) is 13.1 Å². The number of hydrogen-bond acceptors (Lipinski definition) is 3. The third kappa shape index (κ3) is 4.11. The summed E-state index contributed by atoms with van der Waals surface area (Å²) in [5, 5.41) is 3.21. The molecule has 31 heavy (non-hydrogen) atoms. The zero-order chi connectivity index (χ0) is 22.0. The van der Waals surface area contributed by atoms with Gasteiger partial charge < -0.3 is 15.1 Å². The molecular formula is C26H33N3O2. The maximum atomic E-state index is 13.2. The van der Waals surface area contributed by atoms with E-state index in [2.05, 4.69) is 29.6 Å². The molecule has 2 aromatic carbocycles. The van der Waals surface area contributed by atoms with Crippen molar-refractivity contribution in [3.05, 3.63) is 65.7 Å². The molecule has 2 heterocycles. The fraction of sp³-hybridized carbons (Fsp3) is 0.462. The quantitative estimate of drug-likeness (QED) is 0.779. The Morgan fingerprint density at radius 1 is 1.06 bits per heavy atom. The highest BCUT2D eigenvalue weighted by Crippen LogP contribution is 2.43. The average molecular weight is 420 g/mol. The van der Waals surface area contributed by atoms with E-state index in [1.165, 1.54) is 5.56 Å². The number of nitrogens with one attached hydrogen (secondary N) is 1. The second-order valence-electron chi connectivity index (χ2n) is 9.24. The number of aryl methyl sites for hydroxylation is 1. The molecule has 4 rings (SSSR count). The number of hydrogen-bond donors (Lipinski definition) is 1. The molecule has 1 N–H and O–H groups in total. The van der Waals surface area contributed by atoms with Crippen LogP contribution >= 0.6 is 0 Å². The van der Waals surface area contributed by atoms with Gasteiger partial charge in [0.15, 0.2) is 0 Å². The molecule has 0 aromatic heterocycles. The van der Waals surface area contributed by atoms with Gasteiger partial charge in [0.25, 0.3) is 0 Å². The first-order chi connectivity index (χ1) is 14.9. The van der Waals surface area contributed by atoms with Crippen molar-refractivity contribution in [3.63, 3.8) is 0 Å². The summed E-state index contributed by atoms with van der Waals surface area (Å²) in [6, 6.07) is 18.4. The summed E-state index contributed by atoms with van der Waals surface area (Å²) in [5.74, 6) is 0.347. The van der Waals surface area contributed by atoms with Crippen molar-refractivity contribution in [3.8, 4) is 0 Å². The lowest BCUT2D eigenvalue weighted by Gasteiger charge is -2.38. The van der Waals surface area contributed by atoms with Crippen LogP contribution in [0.3, 0.4) is 0 Å². The van der Waals surface area contributed by atoms with Gasteiger partial charge in [-0.3, -0.25) is 9.59 Å². The summed E-state index contributed by atoms with van der Waals surface area (Å²) in [7, 11) is 1.86. The molecule has 1 saturated heterocycles. The normalized spacial score (nSPS) is 19.4. The molecule has 2 aromatic rings. The van der Waals surface area contributed by atoms with Gasteiger partial charge in [-0.2, -0.15) is 0 Å². The van der Waals surface area contributed by atoms with Crippen molar-refractivity contribution in [1.29, 1.82) is 0 Å². The van der Waals surface area contributed by atoms with Crippen LogP contribution in [0, 0.1) is 0 Å². The molecule has 0 bridgehead atoms. The molecule has 2 aliphatic rings. The smallest absolute Gasteiger partial charge is 0.239 e.